The van der Waals surface area contributed by atoms with E-state index in [9.17, 15) is 29.1 Å². The number of likely N-dealkylation sites (N-methyl/N-ethyl adjacent to an activating group) is 1. The Labute approximate surface area is 430 Å². The van der Waals surface area contributed by atoms with Crippen molar-refractivity contribution in [3.63, 3.8) is 0 Å². The maximum Gasteiger partial charge on any atom is 0.333 e. The number of ether oxygens (including phenoxy) is 1. The molecule has 7 heterocycles. The Morgan fingerprint density at radius 1 is 0.849 bits per heavy atom. The van der Waals surface area contributed by atoms with Crippen molar-refractivity contribution in [2.45, 2.75) is 106 Å². The second-order valence-electron chi connectivity index (χ2n) is 20.1. The lowest BCUT2D eigenvalue weighted by Crippen LogP contribution is -2.63. The van der Waals surface area contributed by atoms with Crippen molar-refractivity contribution in [1.82, 2.24) is 40.5 Å². The van der Waals surface area contributed by atoms with Gasteiger partial charge in [-0.05, 0) is 93.4 Å². The first-order valence-electron chi connectivity index (χ1n) is 25.3. The van der Waals surface area contributed by atoms with Gasteiger partial charge in [-0.15, -0.1) is 0 Å². The molecule has 0 unspecified atom stereocenters. The monoisotopic (exact) mass is 1020 g/mol. The number of esters is 1. The van der Waals surface area contributed by atoms with E-state index in [0.717, 1.165) is 43.7 Å². The second-order valence-corrected chi connectivity index (χ2v) is 21.4. The number of carbonyl (C=O) groups excluding carboxylic acids is 8. The van der Waals surface area contributed by atoms with Gasteiger partial charge in [0.15, 0.2) is 11.7 Å². The molecular formula is C53H67N9O10S. The molecule has 6 aliphatic rings. The quantitative estimate of drug-likeness (QED) is 0.214. The molecule has 6 fully saturated rings. The minimum Gasteiger partial charge on any atom is -0.505 e. The molecule has 0 aliphatic carbocycles. The molecule has 390 valence electrons. The van der Waals surface area contributed by atoms with Crippen molar-refractivity contribution in [2.24, 2.45) is 11.8 Å². The highest BCUT2D eigenvalue weighted by atomic mass is 32.2. The molecule has 19 nitrogen and oxygen atoms in total. The van der Waals surface area contributed by atoms with E-state index in [1.165, 1.54) is 47.0 Å². The van der Waals surface area contributed by atoms with E-state index in [1.54, 1.807) is 49.0 Å². The molecular weight excluding hydrogens is 955 g/mol. The summed E-state index contributed by atoms with van der Waals surface area (Å²) in [7, 11) is 5.33. The van der Waals surface area contributed by atoms with E-state index >= 15 is 14.4 Å². The number of hydrogen-bond acceptors (Lipinski definition) is 14. The molecule has 6 saturated heterocycles. The molecule has 4 N–H and O–H groups in total. The normalized spacial score (nSPS) is 29.5. The number of fused-ring (bicyclic) bond motifs is 5. The number of piperidine rings is 4. The Balaban J connectivity index is 1.19. The third-order valence-corrected chi connectivity index (χ3v) is 16.7. The summed E-state index contributed by atoms with van der Waals surface area (Å²) in [6, 6.07) is 10.3. The Morgan fingerprint density at radius 3 is 2.23 bits per heavy atom. The highest BCUT2D eigenvalue weighted by molar-refractivity contribution is 8.00. The molecule has 0 saturated carbocycles. The Bertz CT molecular complexity index is 2540. The minimum atomic E-state index is -1.69. The van der Waals surface area contributed by atoms with Crippen molar-refractivity contribution in [1.29, 1.82) is 0 Å². The number of amides is 6. The summed E-state index contributed by atoms with van der Waals surface area (Å²) in [5, 5.41) is 18.8. The van der Waals surface area contributed by atoms with Crippen LogP contribution in [0.15, 0.2) is 72.9 Å². The van der Waals surface area contributed by atoms with E-state index < -0.39 is 101 Å². The van der Waals surface area contributed by atoms with Crippen LogP contribution in [-0.2, 0) is 44.7 Å². The number of benzene rings is 2. The van der Waals surface area contributed by atoms with Gasteiger partial charge in [0.1, 0.15) is 47.8 Å². The highest BCUT2D eigenvalue weighted by Crippen LogP contribution is 2.37. The number of Topliss-reactive ketones (excluding diaryl/α,β-unsaturated/α-hetero) is 1. The molecule has 73 heavy (non-hydrogen) atoms. The van der Waals surface area contributed by atoms with E-state index in [1.807, 2.05) is 43.3 Å². The average Bonchev–Trinajstić information content (AvgIpc) is 3.89. The predicted molar refractivity (Wildman–Crippen MR) is 272 cm³/mol. The number of thioether (sulfide) groups is 1. The summed E-state index contributed by atoms with van der Waals surface area (Å²) in [6.45, 7) is 6.11. The van der Waals surface area contributed by atoms with Gasteiger partial charge >= 0.3 is 5.97 Å². The van der Waals surface area contributed by atoms with Gasteiger partial charge in [0, 0.05) is 82.4 Å². The second kappa shape index (κ2) is 23.1. The standard InChI is InChI=1S/C53H67N9O10S/c1-6-37-50(68)61-23-11-14-38(61)51(69)59(5)40(26-32-16-18-36(19-17-32)58(3)4)52(70)62-28-35(30-73-43-29-60-24-20-33(43)21-25-60)42(64)27-39(62)47(65)57-45(34-12-8-7-9-13-34)53(71)72-31(2)44(48(66)55-37)56-49(67)46-41(63)15-10-22-54-46/h7-10,12-13,15-19,22,31,33,35,37-40,43-45,63H,6,11,14,20-21,23-30H2,1-5H3,(H,55,66)(H,56,67)(H,57,65)/t31-,35+,37-,38+,39+,40+,43+,44+,45+/m1/s1. The van der Waals surface area contributed by atoms with Gasteiger partial charge < -0.3 is 50.3 Å². The van der Waals surface area contributed by atoms with Crippen LogP contribution in [0, 0.1) is 11.8 Å². The topological polar surface area (TPSA) is 231 Å². The van der Waals surface area contributed by atoms with E-state index in [-0.39, 0.29) is 50.1 Å². The first-order chi connectivity index (χ1) is 35.0. The number of cyclic esters (lactones) is 1. The van der Waals surface area contributed by atoms with Gasteiger partial charge in [-0.1, -0.05) is 49.4 Å². The molecule has 0 radical (unpaired) electrons. The maximum atomic E-state index is 15.7. The molecule has 2 bridgehead atoms. The van der Waals surface area contributed by atoms with Gasteiger partial charge in [-0.2, -0.15) is 11.8 Å². The van der Waals surface area contributed by atoms with Gasteiger partial charge in [0.25, 0.3) is 5.91 Å². The SMILES string of the molecule is CC[C@H]1NC(=O)[C@@H](NC(=O)c2ncccc2O)[C@@H](C)OC(=O)[C@H](c2ccccc2)NC(=O)[C@@H]2CC(=O)[C@H](CS[C@H]3CN4CCC3CC4)CN2C(=O)[C@H](Cc2ccc(N(C)C)cc2)N(C)C(=O)[C@@H]2CCCN2C1=O. The molecule has 6 aliphatic heterocycles. The molecule has 2 aromatic carbocycles. The lowest BCUT2D eigenvalue weighted by Gasteiger charge is -2.45. The Kier molecular flexibility index (Phi) is 16.7. The largest absolute Gasteiger partial charge is 0.505 e. The van der Waals surface area contributed by atoms with Crippen LogP contribution in [0.25, 0.3) is 0 Å². The lowest BCUT2D eigenvalue weighted by atomic mass is 9.88. The van der Waals surface area contributed by atoms with Crippen molar-refractivity contribution >= 4 is 64.6 Å². The number of ketones is 1. The number of aromatic hydroxyl groups is 1. The number of rotatable bonds is 10. The zero-order valence-electron chi connectivity index (χ0n) is 42.1. The van der Waals surface area contributed by atoms with Crippen molar-refractivity contribution in [3.05, 3.63) is 89.7 Å². The lowest BCUT2D eigenvalue weighted by molar-refractivity contribution is -0.157. The van der Waals surface area contributed by atoms with Gasteiger partial charge in [0.2, 0.25) is 29.5 Å². The fourth-order valence-corrected chi connectivity index (χ4v) is 12.4. The zero-order chi connectivity index (χ0) is 52.1. The third kappa shape index (κ3) is 11.8. The number of nitrogens with zero attached hydrogens (tertiary/aromatic N) is 6. The number of anilines is 1. The Morgan fingerprint density at radius 2 is 1.58 bits per heavy atom. The summed E-state index contributed by atoms with van der Waals surface area (Å²) < 4.78 is 5.97. The highest BCUT2D eigenvalue weighted by Gasteiger charge is 2.48. The summed E-state index contributed by atoms with van der Waals surface area (Å²) >= 11 is 1.73. The molecule has 1 aromatic heterocycles. The van der Waals surface area contributed by atoms with Crippen LogP contribution in [0.1, 0.15) is 80.0 Å². The van der Waals surface area contributed by atoms with Crippen LogP contribution < -0.4 is 20.9 Å². The summed E-state index contributed by atoms with van der Waals surface area (Å²) in [5.74, 6) is -5.83. The molecule has 6 amide bonds. The molecule has 0 spiro atoms. The molecule has 20 heteroatoms. The van der Waals surface area contributed by atoms with Crippen molar-refractivity contribution in [2.75, 3.05) is 64.5 Å². The summed E-state index contributed by atoms with van der Waals surface area (Å²) in [6.07, 6.45) is 2.40. The average molecular weight is 1020 g/mol. The van der Waals surface area contributed by atoms with Crippen molar-refractivity contribution in [3.8, 4) is 5.75 Å². The maximum absolute atomic E-state index is 15.7. The number of nitrogens with one attached hydrogen (secondary N) is 3. The van der Waals surface area contributed by atoms with Crippen LogP contribution in [0.5, 0.6) is 5.75 Å². The number of carbonyl (C=O) groups is 8. The summed E-state index contributed by atoms with van der Waals surface area (Å²) in [5.41, 5.74) is 1.49. The fraction of sp³-hybridized carbons (Fsp3) is 0.528. The van der Waals surface area contributed by atoms with Crippen LogP contribution in [-0.4, -0.2) is 178 Å². The van der Waals surface area contributed by atoms with Crippen molar-refractivity contribution < 1.29 is 48.2 Å². The van der Waals surface area contributed by atoms with Crippen LogP contribution in [0.3, 0.4) is 0 Å². The Hall–Kier alpha value is -6.54. The van der Waals surface area contributed by atoms with E-state index in [4.69, 9.17) is 4.74 Å². The fourth-order valence-electron chi connectivity index (χ4n) is 10.8. The molecule has 9 atom stereocenters. The van der Waals surface area contributed by atoms with Crippen LogP contribution >= 0.6 is 11.8 Å². The molecule has 9 rings (SSSR count). The molecule has 3 aromatic rings. The van der Waals surface area contributed by atoms with Gasteiger partial charge in [0.05, 0.1) is 0 Å². The third-order valence-electron chi connectivity index (χ3n) is 15.2. The van der Waals surface area contributed by atoms with Gasteiger partial charge in [-0.3, -0.25) is 33.6 Å². The smallest absolute Gasteiger partial charge is 0.333 e. The zero-order valence-corrected chi connectivity index (χ0v) is 42.9. The number of aromatic nitrogens is 1. The van der Waals surface area contributed by atoms with E-state index in [2.05, 4.69) is 25.8 Å². The van der Waals surface area contributed by atoms with Gasteiger partial charge in [-0.25, -0.2) is 9.78 Å². The van der Waals surface area contributed by atoms with Crippen LogP contribution in [0.4, 0.5) is 5.69 Å². The number of pyridine rings is 1. The number of hydrogen-bond donors (Lipinski definition) is 4. The minimum absolute atomic E-state index is 0.0289. The summed E-state index contributed by atoms with van der Waals surface area (Å²) in [4.78, 5) is 130. The first-order valence-corrected chi connectivity index (χ1v) is 26.4. The predicted octanol–water partition coefficient (Wildman–Crippen LogP) is 2.32. The van der Waals surface area contributed by atoms with Crippen LogP contribution in [0.2, 0.25) is 0 Å². The van der Waals surface area contributed by atoms with E-state index in [0.29, 0.717) is 23.3 Å². The first kappa shape index (κ1) is 52.8.